The molecule has 1 aromatic carbocycles. The van der Waals surface area contributed by atoms with Crippen molar-refractivity contribution in [1.29, 1.82) is 0 Å². The highest BCUT2D eigenvalue weighted by Crippen LogP contribution is 2.32. The Kier molecular flexibility index (Phi) is 10.7. The van der Waals surface area contributed by atoms with Gasteiger partial charge >= 0.3 is 0 Å². The molecule has 0 heterocycles. The van der Waals surface area contributed by atoms with Crippen molar-refractivity contribution in [3.63, 3.8) is 0 Å². The fraction of sp³-hybridized carbons (Fsp3) is 0.368. The lowest BCUT2D eigenvalue weighted by Gasteiger charge is -2.24. The molecule has 4 heteroatoms. The number of quaternary nitrogens is 1. The second-order valence-electron chi connectivity index (χ2n) is 5.53. The minimum absolute atomic E-state index is 0. The molecule has 0 spiro atoms. The molecule has 3 nitrogen and oxygen atoms in total. The fourth-order valence-electron chi connectivity index (χ4n) is 2.47. The first-order valence-corrected chi connectivity index (χ1v) is 7.57. The predicted molar refractivity (Wildman–Crippen MR) is 92.3 cm³/mol. The van der Waals surface area contributed by atoms with E-state index in [2.05, 4.69) is 25.5 Å². The standard InChI is InChI=1S/C19H27NO2.HI/c1-5-9-16-10-8-11-17(21-4)18(16)22-15-14-19(20,12-6-2)13-7-3;/h5-8,10-11H,1-3,9,12-15,20H2,4H3;1H. The average Bonchev–Trinajstić information content (AvgIpc) is 2.49. The summed E-state index contributed by atoms with van der Waals surface area (Å²) in [5.41, 5.74) is 5.28. The Morgan fingerprint density at radius 2 is 1.78 bits per heavy atom. The zero-order valence-corrected chi connectivity index (χ0v) is 16.2. The largest absolute Gasteiger partial charge is 1.00 e. The molecular formula is C19H28INO2. The molecule has 0 aliphatic rings. The second kappa shape index (κ2) is 11.3. The van der Waals surface area contributed by atoms with Gasteiger partial charge in [-0.15, -0.1) is 19.7 Å². The molecule has 0 saturated carbocycles. The highest BCUT2D eigenvalue weighted by Gasteiger charge is 2.26. The van der Waals surface area contributed by atoms with Gasteiger partial charge in [-0.1, -0.05) is 30.4 Å². The van der Waals surface area contributed by atoms with E-state index in [4.69, 9.17) is 9.47 Å². The Hall–Kier alpha value is -1.27. The van der Waals surface area contributed by atoms with Crippen molar-refractivity contribution in [2.24, 2.45) is 0 Å². The number of ether oxygens (including phenoxy) is 2. The molecule has 0 aliphatic carbocycles. The normalized spacial score (nSPS) is 10.3. The fourth-order valence-corrected chi connectivity index (χ4v) is 2.47. The third-order valence-electron chi connectivity index (χ3n) is 3.68. The van der Waals surface area contributed by atoms with Crippen LogP contribution in [-0.4, -0.2) is 19.3 Å². The van der Waals surface area contributed by atoms with Gasteiger partial charge < -0.3 is 39.2 Å². The number of rotatable bonds is 11. The van der Waals surface area contributed by atoms with Crippen molar-refractivity contribution in [2.45, 2.75) is 31.2 Å². The first-order valence-electron chi connectivity index (χ1n) is 7.57. The van der Waals surface area contributed by atoms with Crippen LogP contribution in [0.2, 0.25) is 0 Å². The quantitative estimate of drug-likeness (QED) is 0.407. The van der Waals surface area contributed by atoms with E-state index >= 15 is 0 Å². The number of allylic oxidation sites excluding steroid dienone is 1. The van der Waals surface area contributed by atoms with Crippen molar-refractivity contribution >= 4 is 0 Å². The van der Waals surface area contributed by atoms with Crippen molar-refractivity contribution in [2.75, 3.05) is 13.7 Å². The van der Waals surface area contributed by atoms with Gasteiger partial charge in [0.1, 0.15) is 5.54 Å². The van der Waals surface area contributed by atoms with E-state index in [1.54, 1.807) is 7.11 Å². The first kappa shape index (κ1) is 21.7. The summed E-state index contributed by atoms with van der Waals surface area (Å²) in [6, 6.07) is 5.91. The smallest absolute Gasteiger partial charge is 0.164 e. The molecule has 0 saturated heterocycles. The predicted octanol–water partition coefficient (Wildman–Crippen LogP) is 0.330. The summed E-state index contributed by atoms with van der Waals surface area (Å²) in [5.74, 6) is 1.55. The lowest BCUT2D eigenvalue weighted by molar-refractivity contribution is -0.478. The van der Waals surface area contributed by atoms with E-state index in [0.717, 1.165) is 42.7 Å². The summed E-state index contributed by atoms with van der Waals surface area (Å²) >= 11 is 0. The lowest BCUT2D eigenvalue weighted by atomic mass is 9.89. The van der Waals surface area contributed by atoms with E-state index in [0.29, 0.717) is 6.61 Å². The Morgan fingerprint density at radius 1 is 1.13 bits per heavy atom. The van der Waals surface area contributed by atoms with E-state index < -0.39 is 0 Å². The van der Waals surface area contributed by atoms with Crippen LogP contribution < -0.4 is 39.2 Å². The molecule has 0 aliphatic heterocycles. The number of hydrogen-bond donors (Lipinski definition) is 1. The maximum Gasteiger partial charge on any atom is 0.164 e. The van der Waals surface area contributed by atoms with Crippen molar-refractivity contribution in [3.05, 3.63) is 61.7 Å². The van der Waals surface area contributed by atoms with Gasteiger partial charge in [0.05, 0.1) is 13.7 Å². The molecule has 0 bridgehead atoms. The highest BCUT2D eigenvalue weighted by molar-refractivity contribution is 5.47. The van der Waals surface area contributed by atoms with E-state index in [1.165, 1.54) is 0 Å². The Morgan fingerprint density at radius 3 is 2.30 bits per heavy atom. The zero-order chi connectivity index (χ0) is 16.4. The van der Waals surface area contributed by atoms with Gasteiger partial charge in [0.15, 0.2) is 11.5 Å². The van der Waals surface area contributed by atoms with Crippen LogP contribution in [0.5, 0.6) is 11.5 Å². The van der Waals surface area contributed by atoms with Gasteiger partial charge in [-0.05, 0) is 12.5 Å². The molecule has 128 valence electrons. The zero-order valence-electron chi connectivity index (χ0n) is 14.0. The summed E-state index contributed by atoms with van der Waals surface area (Å²) in [4.78, 5) is 0. The topological polar surface area (TPSA) is 46.1 Å². The van der Waals surface area contributed by atoms with Crippen molar-refractivity contribution < 1.29 is 39.2 Å². The minimum Gasteiger partial charge on any atom is -1.00 e. The number of methoxy groups -OCH3 is 1. The maximum absolute atomic E-state index is 6.02. The molecule has 0 radical (unpaired) electrons. The van der Waals surface area contributed by atoms with Crippen LogP contribution in [0.4, 0.5) is 0 Å². The molecule has 0 fully saturated rings. The maximum atomic E-state index is 6.02. The Balaban J connectivity index is 0.00000484. The minimum atomic E-state index is -0.107. The molecule has 3 N–H and O–H groups in total. The molecule has 23 heavy (non-hydrogen) atoms. The summed E-state index contributed by atoms with van der Waals surface area (Å²) in [5, 5.41) is 0. The Labute approximate surface area is 157 Å². The van der Waals surface area contributed by atoms with Crippen LogP contribution in [0.25, 0.3) is 0 Å². The molecular weight excluding hydrogens is 401 g/mol. The molecule has 1 aromatic rings. The SMILES string of the molecule is C=CCc1cccc(OC)c1OCCC([NH3+])(CC=C)CC=C.[I-]. The summed E-state index contributed by atoms with van der Waals surface area (Å²) in [7, 11) is 1.65. The number of para-hydroxylation sites is 1. The van der Waals surface area contributed by atoms with Crippen LogP contribution in [0.3, 0.4) is 0 Å². The number of benzene rings is 1. The van der Waals surface area contributed by atoms with Crippen LogP contribution >= 0.6 is 0 Å². The molecule has 1 rings (SSSR count). The van der Waals surface area contributed by atoms with Gasteiger partial charge in [0.2, 0.25) is 0 Å². The van der Waals surface area contributed by atoms with Crippen LogP contribution in [0.15, 0.2) is 56.2 Å². The highest BCUT2D eigenvalue weighted by atomic mass is 127. The van der Waals surface area contributed by atoms with Crippen LogP contribution in [0.1, 0.15) is 24.8 Å². The van der Waals surface area contributed by atoms with Crippen LogP contribution in [-0.2, 0) is 6.42 Å². The monoisotopic (exact) mass is 429 g/mol. The van der Waals surface area contributed by atoms with Crippen molar-refractivity contribution in [3.8, 4) is 11.5 Å². The van der Waals surface area contributed by atoms with Gasteiger partial charge in [0.25, 0.3) is 0 Å². The van der Waals surface area contributed by atoms with Crippen LogP contribution in [0, 0.1) is 0 Å². The van der Waals surface area contributed by atoms with Gasteiger partial charge in [-0.2, -0.15) is 0 Å². The van der Waals surface area contributed by atoms with Gasteiger partial charge in [-0.25, -0.2) is 0 Å². The molecule has 0 unspecified atom stereocenters. The molecule has 0 amide bonds. The van der Waals surface area contributed by atoms with Gasteiger partial charge in [0, 0.05) is 24.8 Å². The number of halogens is 1. The summed E-state index contributed by atoms with van der Waals surface area (Å²) in [6.07, 6.45) is 8.94. The number of hydrogen-bond acceptors (Lipinski definition) is 2. The first-order chi connectivity index (χ1) is 10.6. The second-order valence-corrected chi connectivity index (χ2v) is 5.53. The Bertz CT molecular complexity index is 504. The van der Waals surface area contributed by atoms with E-state index in [1.807, 2.05) is 36.4 Å². The summed E-state index contributed by atoms with van der Waals surface area (Å²) in [6.45, 7) is 12.0. The third-order valence-corrected chi connectivity index (χ3v) is 3.68. The lowest BCUT2D eigenvalue weighted by Crippen LogP contribution is -3.00. The van der Waals surface area contributed by atoms with E-state index in [9.17, 15) is 0 Å². The van der Waals surface area contributed by atoms with Gasteiger partial charge in [-0.3, -0.25) is 0 Å². The van der Waals surface area contributed by atoms with Crippen molar-refractivity contribution in [1.82, 2.24) is 0 Å². The van der Waals surface area contributed by atoms with E-state index in [-0.39, 0.29) is 29.5 Å². The summed E-state index contributed by atoms with van der Waals surface area (Å²) < 4.78 is 11.4. The average molecular weight is 429 g/mol. The molecule has 0 aromatic heterocycles. The third kappa shape index (κ3) is 6.79. The molecule has 0 atom stereocenters.